The molecule has 0 bridgehead atoms. The summed E-state index contributed by atoms with van der Waals surface area (Å²) in [5.74, 6) is -2.68. The number of aliphatic carboxylic acids is 1. The number of carboxylic acid groups (broad SMARTS) is 1. The van der Waals surface area contributed by atoms with E-state index in [1.165, 1.54) is 24.4 Å². The van der Waals surface area contributed by atoms with Crippen LogP contribution in [0.15, 0.2) is 36.5 Å². The van der Waals surface area contributed by atoms with Crippen LogP contribution in [0.1, 0.15) is 27.7 Å². The Labute approximate surface area is 130 Å². The maximum atomic E-state index is 13.5. The molecular formula is C15H12ClFN2O3. The number of benzene rings is 1. The van der Waals surface area contributed by atoms with Crippen LogP contribution in [-0.2, 0) is 4.79 Å². The molecule has 7 heteroatoms. The molecule has 1 aromatic carbocycles. The van der Waals surface area contributed by atoms with Crippen LogP contribution in [0.4, 0.5) is 4.39 Å². The smallest absolute Gasteiger partial charge is 0.330 e. The van der Waals surface area contributed by atoms with E-state index >= 15 is 0 Å². The van der Waals surface area contributed by atoms with Crippen molar-refractivity contribution in [3.63, 3.8) is 0 Å². The molecule has 1 aromatic heterocycles. The molecule has 1 heterocycles. The van der Waals surface area contributed by atoms with Gasteiger partial charge in [-0.3, -0.25) is 9.78 Å². The van der Waals surface area contributed by atoms with Gasteiger partial charge >= 0.3 is 5.97 Å². The highest BCUT2D eigenvalue weighted by Crippen LogP contribution is 2.21. The van der Waals surface area contributed by atoms with Gasteiger partial charge in [0.2, 0.25) is 0 Å². The molecule has 0 aliphatic heterocycles. The fraction of sp³-hybridized carbons (Fsp3) is 0.133. The van der Waals surface area contributed by atoms with Gasteiger partial charge in [-0.1, -0.05) is 17.7 Å². The highest BCUT2D eigenvalue weighted by atomic mass is 35.5. The summed E-state index contributed by atoms with van der Waals surface area (Å²) in [5.41, 5.74) is 1.03. The summed E-state index contributed by atoms with van der Waals surface area (Å²) in [5, 5.41) is 11.4. The second kappa shape index (κ2) is 6.53. The number of amides is 1. The number of aryl methyl sites for hydroxylation is 1. The average Bonchev–Trinajstić information content (AvgIpc) is 2.48. The summed E-state index contributed by atoms with van der Waals surface area (Å²) in [6.07, 6.45) is 1.34. The van der Waals surface area contributed by atoms with Crippen molar-refractivity contribution in [3.8, 4) is 0 Å². The van der Waals surface area contributed by atoms with E-state index in [-0.39, 0.29) is 16.1 Å². The van der Waals surface area contributed by atoms with E-state index in [1.54, 1.807) is 13.0 Å². The number of carbonyl (C=O) groups excluding carboxylic acids is 1. The van der Waals surface area contributed by atoms with Gasteiger partial charge in [-0.2, -0.15) is 0 Å². The summed E-state index contributed by atoms with van der Waals surface area (Å²) in [6.45, 7) is 1.76. The molecule has 0 saturated carbocycles. The number of halogens is 2. The largest absolute Gasteiger partial charge is 0.479 e. The first-order valence-electron chi connectivity index (χ1n) is 6.30. The van der Waals surface area contributed by atoms with E-state index in [0.717, 1.165) is 11.8 Å². The number of hydrogen-bond acceptors (Lipinski definition) is 3. The molecule has 0 saturated heterocycles. The average molecular weight is 323 g/mol. The van der Waals surface area contributed by atoms with Crippen LogP contribution in [0.3, 0.4) is 0 Å². The monoisotopic (exact) mass is 322 g/mol. The molecule has 2 rings (SSSR count). The Kier molecular flexibility index (Phi) is 4.72. The van der Waals surface area contributed by atoms with Crippen molar-refractivity contribution in [2.45, 2.75) is 13.0 Å². The second-order valence-electron chi connectivity index (χ2n) is 4.61. The van der Waals surface area contributed by atoms with Crippen molar-refractivity contribution in [1.82, 2.24) is 10.3 Å². The van der Waals surface area contributed by atoms with Gasteiger partial charge in [0.05, 0.1) is 10.6 Å². The van der Waals surface area contributed by atoms with Crippen molar-refractivity contribution in [1.29, 1.82) is 0 Å². The van der Waals surface area contributed by atoms with Gasteiger partial charge < -0.3 is 10.4 Å². The van der Waals surface area contributed by atoms with Crippen molar-refractivity contribution in [2.75, 3.05) is 0 Å². The van der Waals surface area contributed by atoms with Crippen LogP contribution < -0.4 is 5.32 Å². The maximum absolute atomic E-state index is 13.5. The minimum absolute atomic E-state index is 0.0859. The number of carbonyl (C=O) groups is 2. The minimum atomic E-state index is -1.39. The molecular weight excluding hydrogens is 311 g/mol. The number of pyridine rings is 1. The van der Waals surface area contributed by atoms with Gasteiger partial charge in [0.1, 0.15) is 5.82 Å². The van der Waals surface area contributed by atoms with E-state index in [4.69, 9.17) is 11.6 Å². The summed E-state index contributed by atoms with van der Waals surface area (Å²) < 4.78 is 13.5. The summed E-state index contributed by atoms with van der Waals surface area (Å²) in [7, 11) is 0. The molecule has 0 aliphatic carbocycles. The molecule has 114 valence electrons. The Balaban J connectivity index is 2.25. The lowest BCUT2D eigenvalue weighted by Gasteiger charge is -2.15. The second-order valence-corrected chi connectivity index (χ2v) is 5.01. The molecule has 0 spiro atoms. The lowest BCUT2D eigenvalue weighted by molar-refractivity contribution is -0.139. The number of aromatic nitrogens is 1. The first-order chi connectivity index (χ1) is 10.4. The normalized spacial score (nSPS) is 11.8. The zero-order valence-corrected chi connectivity index (χ0v) is 12.3. The Morgan fingerprint density at radius 2 is 2.05 bits per heavy atom. The Bertz CT molecular complexity index is 719. The molecule has 22 heavy (non-hydrogen) atoms. The van der Waals surface area contributed by atoms with E-state index < -0.39 is 23.7 Å². The highest BCUT2D eigenvalue weighted by molar-refractivity contribution is 6.30. The third-order valence-corrected chi connectivity index (χ3v) is 3.28. The summed E-state index contributed by atoms with van der Waals surface area (Å²) in [6, 6.07) is 5.33. The van der Waals surface area contributed by atoms with Gasteiger partial charge in [-0.15, -0.1) is 0 Å². The van der Waals surface area contributed by atoms with Crippen LogP contribution >= 0.6 is 11.6 Å². The first kappa shape index (κ1) is 15.9. The van der Waals surface area contributed by atoms with Crippen molar-refractivity contribution in [3.05, 3.63) is 64.2 Å². The molecule has 5 nitrogen and oxygen atoms in total. The number of nitrogens with one attached hydrogen (secondary N) is 1. The predicted octanol–water partition coefficient (Wildman–Crippen LogP) is 2.74. The Morgan fingerprint density at radius 1 is 1.32 bits per heavy atom. The molecule has 0 radical (unpaired) electrons. The van der Waals surface area contributed by atoms with E-state index in [9.17, 15) is 19.1 Å². The Morgan fingerprint density at radius 3 is 2.59 bits per heavy atom. The Hall–Kier alpha value is -2.47. The van der Waals surface area contributed by atoms with Gasteiger partial charge in [0.25, 0.3) is 5.91 Å². The molecule has 0 fully saturated rings. The first-order valence-corrected chi connectivity index (χ1v) is 6.67. The fourth-order valence-corrected chi connectivity index (χ4v) is 1.91. The third-order valence-electron chi connectivity index (χ3n) is 2.97. The van der Waals surface area contributed by atoms with Gasteiger partial charge in [-0.05, 0) is 36.8 Å². The zero-order chi connectivity index (χ0) is 16.3. The minimum Gasteiger partial charge on any atom is -0.479 e. The lowest BCUT2D eigenvalue weighted by Crippen LogP contribution is -2.33. The number of carboxylic acids is 1. The fourth-order valence-electron chi connectivity index (χ4n) is 1.80. The number of hydrogen-bond donors (Lipinski definition) is 2. The predicted molar refractivity (Wildman–Crippen MR) is 78.2 cm³/mol. The van der Waals surface area contributed by atoms with Crippen LogP contribution in [0, 0.1) is 12.7 Å². The summed E-state index contributed by atoms with van der Waals surface area (Å²) >= 11 is 5.56. The molecule has 2 N–H and O–H groups in total. The van der Waals surface area contributed by atoms with Gasteiger partial charge in [-0.25, -0.2) is 9.18 Å². The van der Waals surface area contributed by atoms with Gasteiger partial charge in [0, 0.05) is 11.9 Å². The standard InChI is InChI=1S/C15H12ClFN2O3/c1-8-2-3-10(7-18-8)14(20)19-13(15(21)22)9-4-5-11(16)12(17)6-9/h2-7,13H,1H3,(H,19,20)(H,21,22). The van der Waals surface area contributed by atoms with E-state index in [0.29, 0.717) is 0 Å². The summed E-state index contributed by atoms with van der Waals surface area (Å²) in [4.78, 5) is 27.4. The van der Waals surface area contributed by atoms with Crippen LogP contribution in [0.5, 0.6) is 0 Å². The van der Waals surface area contributed by atoms with Crippen LogP contribution in [-0.4, -0.2) is 22.0 Å². The number of rotatable bonds is 4. The SMILES string of the molecule is Cc1ccc(C(=O)NC(C(=O)O)c2ccc(Cl)c(F)c2)cn1. The van der Waals surface area contributed by atoms with Gasteiger partial charge in [0.15, 0.2) is 6.04 Å². The topological polar surface area (TPSA) is 79.3 Å². The molecule has 0 aliphatic rings. The van der Waals surface area contributed by atoms with E-state index in [2.05, 4.69) is 10.3 Å². The molecule has 1 unspecified atom stereocenters. The van der Waals surface area contributed by atoms with Crippen LogP contribution in [0.25, 0.3) is 0 Å². The zero-order valence-electron chi connectivity index (χ0n) is 11.5. The van der Waals surface area contributed by atoms with Crippen molar-refractivity contribution in [2.24, 2.45) is 0 Å². The molecule has 1 atom stereocenters. The molecule has 1 amide bonds. The lowest BCUT2D eigenvalue weighted by atomic mass is 10.1. The highest BCUT2D eigenvalue weighted by Gasteiger charge is 2.23. The van der Waals surface area contributed by atoms with Crippen LogP contribution in [0.2, 0.25) is 5.02 Å². The quantitative estimate of drug-likeness (QED) is 0.907. The number of nitrogens with zero attached hydrogens (tertiary/aromatic N) is 1. The third kappa shape index (κ3) is 3.59. The maximum Gasteiger partial charge on any atom is 0.330 e. The van der Waals surface area contributed by atoms with Crippen molar-refractivity contribution < 1.29 is 19.1 Å². The van der Waals surface area contributed by atoms with E-state index in [1.807, 2.05) is 0 Å². The van der Waals surface area contributed by atoms with Crippen molar-refractivity contribution >= 4 is 23.5 Å². The molecule has 2 aromatic rings.